The second-order valence-corrected chi connectivity index (χ2v) is 3.71. The highest BCUT2D eigenvalue weighted by molar-refractivity contribution is 4.74. The summed E-state index contributed by atoms with van der Waals surface area (Å²) in [5.41, 5.74) is 0. The molecule has 1 rings (SSSR count). The lowest BCUT2D eigenvalue weighted by Gasteiger charge is -2.31. The molecule has 0 amide bonds. The van der Waals surface area contributed by atoms with E-state index in [1.54, 1.807) is 7.11 Å². The van der Waals surface area contributed by atoms with Gasteiger partial charge < -0.3 is 4.74 Å². The summed E-state index contributed by atoms with van der Waals surface area (Å²) in [5, 5.41) is 3.33. The Bertz CT molecular complexity index is 114. The summed E-state index contributed by atoms with van der Waals surface area (Å²) in [7, 11) is 1.78. The van der Waals surface area contributed by atoms with Gasteiger partial charge in [-0.1, -0.05) is 13.8 Å². The standard InChI is InChI=1S/C9H19NO/c1-7(2)8-4-5-10-9(6-8)11-3/h7-10H,4-6H2,1-3H3. The van der Waals surface area contributed by atoms with Gasteiger partial charge in [-0.3, -0.25) is 5.32 Å². The van der Waals surface area contributed by atoms with E-state index in [9.17, 15) is 0 Å². The molecule has 2 atom stereocenters. The van der Waals surface area contributed by atoms with Gasteiger partial charge in [0.2, 0.25) is 0 Å². The Labute approximate surface area is 69.3 Å². The highest BCUT2D eigenvalue weighted by Crippen LogP contribution is 2.23. The van der Waals surface area contributed by atoms with Crippen LogP contribution in [0.4, 0.5) is 0 Å². The molecule has 0 aromatic rings. The van der Waals surface area contributed by atoms with Crippen LogP contribution in [0.15, 0.2) is 0 Å². The third-order valence-corrected chi connectivity index (χ3v) is 2.63. The second-order valence-electron chi connectivity index (χ2n) is 3.71. The molecule has 0 saturated carbocycles. The zero-order valence-corrected chi connectivity index (χ0v) is 7.76. The van der Waals surface area contributed by atoms with Crippen molar-refractivity contribution in [2.45, 2.75) is 32.9 Å². The summed E-state index contributed by atoms with van der Waals surface area (Å²) in [6, 6.07) is 0. The Morgan fingerprint density at radius 2 is 2.18 bits per heavy atom. The lowest BCUT2D eigenvalue weighted by atomic mass is 9.87. The van der Waals surface area contributed by atoms with E-state index in [0.29, 0.717) is 6.23 Å². The first-order chi connectivity index (χ1) is 5.24. The van der Waals surface area contributed by atoms with E-state index in [4.69, 9.17) is 4.74 Å². The van der Waals surface area contributed by atoms with Crippen LogP contribution in [0.1, 0.15) is 26.7 Å². The largest absolute Gasteiger partial charge is 0.367 e. The van der Waals surface area contributed by atoms with E-state index in [1.165, 1.54) is 12.8 Å². The van der Waals surface area contributed by atoms with Gasteiger partial charge in [-0.05, 0) is 31.2 Å². The van der Waals surface area contributed by atoms with Crippen LogP contribution in [0.2, 0.25) is 0 Å². The fourth-order valence-corrected chi connectivity index (χ4v) is 1.69. The van der Waals surface area contributed by atoms with E-state index in [-0.39, 0.29) is 0 Å². The lowest BCUT2D eigenvalue weighted by molar-refractivity contribution is 0.0243. The van der Waals surface area contributed by atoms with Gasteiger partial charge in [0.05, 0.1) is 0 Å². The van der Waals surface area contributed by atoms with Crippen molar-refractivity contribution in [3.8, 4) is 0 Å². The van der Waals surface area contributed by atoms with Crippen LogP contribution < -0.4 is 5.32 Å². The second kappa shape index (κ2) is 4.07. The minimum Gasteiger partial charge on any atom is -0.367 e. The molecule has 0 aromatic carbocycles. The molecule has 1 saturated heterocycles. The first-order valence-electron chi connectivity index (χ1n) is 4.50. The Balaban J connectivity index is 2.33. The van der Waals surface area contributed by atoms with Crippen LogP contribution in [0.5, 0.6) is 0 Å². The van der Waals surface area contributed by atoms with Crippen molar-refractivity contribution in [2.75, 3.05) is 13.7 Å². The maximum Gasteiger partial charge on any atom is 0.108 e. The predicted molar refractivity (Wildman–Crippen MR) is 46.4 cm³/mol. The summed E-state index contributed by atoms with van der Waals surface area (Å²) in [6.45, 7) is 5.70. The Kier molecular flexibility index (Phi) is 3.34. The Hall–Kier alpha value is -0.0800. The highest BCUT2D eigenvalue weighted by Gasteiger charge is 2.22. The number of hydrogen-bond donors (Lipinski definition) is 1. The summed E-state index contributed by atoms with van der Waals surface area (Å²) < 4.78 is 5.26. The number of piperidine rings is 1. The normalized spacial score (nSPS) is 32.7. The monoisotopic (exact) mass is 157 g/mol. The van der Waals surface area contributed by atoms with E-state index in [2.05, 4.69) is 19.2 Å². The van der Waals surface area contributed by atoms with Crippen LogP contribution in [-0.2, 0) is 4.74 Å². The molecule has 1 heterocycles. The van der Waals surface area contributed by atoms with Crippen molar-refractivity contribution < 1.29 is 4.74 Å². The summed E-state index contributed by atoms with van der Waals surface area (Å²) in [4.78, 5) is 0. The zero-order chi connectivity index (χ0) is 8.27. The smallest absolute Gasteiger partial charge is 0.108 e. The van der Waals surface area contributed by atoms with E-state index in [1.807, 2.05) is 0 Å². The van der Waals surface area contributed by atoms with E-state index < -0.39 is 0 Å². The highest BCUT2D eigenvalue weighted by atomic mass is 16.5. The Morgan fingerprint density at radius 3 is 2.73 bits per heavy atom. The average molecular weight is 157 g/mol. The van der Waals surface area contributed by atoms with Gasteiger partial charge in [0.1, 0.15) is 6.23 Å². The summed E-state index contributed by atoms with van der Waals surface area (Å²) in [5.74, 6) is 1.65. The molecule has 0 aliphatic carbocycles. The summed E-state index contributed by atoms with van der Waals surface area (Å²) in [6.07, 6.45) is 2.78. The number of ether oxygens (including phenoxy) is 1. The molecule has 2 heteroatoms. The third-order valence-electron chi connectivity index (χ3n) is 2.63. The van der Waals surface area contributed by atoms with E-state index in [0.717, 1.165) is 18.4 Å². The number of hydrogen-bond acceptors (Lipinski definition) is 2. The minimum atomic E-state index is 0.302. The van der Waals surface area contributed by atoms with Crippen LogP contribution >= 0.6 is 0 Å². The first-order valence-corrected chi connectivity index (χ1v) is 4.50. The van der Waals surface area contributed by atoms with Gasteiger partial charge >= 0.3 is 0 Å². The first kappa shape index (κ1) is 9.01. The Morgan fingerprint density at radius 1 is 1.45 bits per heavy atom. The SMILES string of the molecule is COC1CC(C(C)C)CCN1. The fourth-order valence-electron chi connectivity index (χ4n) is 1.69. The number of methoxy groups -OCH3 is 1. The molecule has 0 aromatic heterocycles. The molecule has 66 valence electrons. The summed E-state index contributed by atoms with van der Waals surface area (Å²) >= 11 is 0. The molecule has 1 N–H and O–H groups in total. The van der Waals surface area contributed by atoms with Gasteiger partial charge in [-0.25, -0.2) is 0 Å². The van der Waals surface area contributed by atoms with Crippen molar-refractivity contribution in [2.24, 2.45) is 11.8 Å². The molecule has 1 aliphatic heterocycles. The van der Waals surface area contributed by atoms with E-state index >= 15 is 0 Å². The molecule has 0 spiro atoms. The number of rotatable bonds is 2. The molecule has 0 bridgehead atoms. The van der Waals surface area contributed by atoms with Crippen molar-refractivity contribution in [1.82, 2.24) is 5.32 Å². The van der Waals surface area contributed by atoms with Gasteiger partial charge in [0, 0.05) is 7.11 Å². The van der Waals surface area contributed by atoms with Crippen LogP contribution in [0, 0.1) is 11.8 Å². The van der Waals surface area contributed by atoms with Crippen LogP contribution in [-0.4, -0.2) is 19.9 Å². The fraction of sp³-hybridized carbons (Fsp3) is 1.00. The van der Waals surface area contributed by atoms with Crippen LogP contribution in [0.3, 0.4) is 0 Å². The van der Waals surface area contributed by atoms with Gasteiger partial charge in [0.15, 0.2) is 0 Å². The molecule has 0 radical (unpaired) electrons. The van der Waals surface area contributed by atoms with Gasteiger partial charge in [-0.15, -0.1) is 0 Å². The molecule has 11 heavy (non-hydrogen) atoms. The molecule has 1 aliphatic rings. The zero-order valence-electron chi connectivity index (χ0n) is 7.76. The number of nitrogens with one attached hydrogen (secondary N) is 1. The van der Waals surface area contributed by atoms with Crippen molar-refractivity contribution >= 4 is 0 Å². The molecule has 2 unspecified atom stereocenters. The van der Waals surface area contributed by atoms with Gasteiger partial charge in [0.25, 0.3) is 0 Å². The topological polar surface area (TPSA) is 21.3 Å². The third kappa shape index (κ3) is 2.46. The predicted octanol–water partition coefficient (Wildman–Crippen LogP) is 1.61. The van der Waals surface area contributed by atoms with Crippen molar-refractivity contribution in [3.05, 3.63) is 0 Å². The molecular formula is C9H19NO. The lowest BCUT2D eigenvalue weighted by Crippen LogP contribution is -2.40. The maximum atomic E-state index is 5.26. The molecule has 1 fully saturated rings. The maximum absolute atomic E-state index is 5.26. The average Bonchev–Trinajstić information content (AvgIpc) is 2.05. The van der Waals surface area contributed by atoms with Crippen molar-refractivity contribution in [3.63, 3.8) is 0 Å². The minimum absolute atomic E-state index is 0.302. The van der Waals surface area contributed by atoms with Crippen LogP contribution in [0.25, 0.3) is 0 Å². The van der Waals surface area contributed by atoms with Gasteiger partial charge in [-0.2, -0.15) is 0 Å². The van der Waals surface area contributed by atoms with Crippen molar-refractivity contribution in [1.29, 1.82) is 0 Å². The molecule has 2 nitrogen and oxygen atoms in total. The quantitative estimate of drug-likeness (QED) is 0.657. The molecular weight excluding hydrogens is 138 g/mol.